The second-order valence-corrected chi connectivity index (χ2v) is 1.48. The van der Waals surface area contributed by atoms with Gasteiger partial charge in [-0.3, -0.25) is 4.79 Å². The smallest absolute Gasteiger partial charge is 0.216 e. The molecule has 0 aromatic carbocycles. The van der Waals surface area contributed by atoms with Gasteiger partial charge in [0.2, 0.25) is 5.91 Å². The Hall–Kier alpha value is -0.530. The fraction of sp³-hybridized carbons (Fsp3) is 0.857. The molecule has 1 amide bonds. The van der Waals surface area contributed by atoms with Gasteiger partial charge in [0, 0.05) is 14.9 Å². The average Bonchev–Trinajstić information content (AvgIpc) is 1.88. The zero-order chi connectivity index (χ0) is 7.70. The van der Waals surface area contributed by atoms with Crippen molar-refractivity contribution in [3.8, 4) is 0 Å². The number of nitrogens with one attached hydrogen (secondary N) is 1. The van der Waals surface area contributed by atoms with Gasteiger partial charge in [-0.1, -0.05) is 20.8 Å². The Morgan fingerprint density at radius 1 is 1.56 bits per heavy atom. The standard InChI is InChI=1S/C5H11NO.C2H6.H2/c1-3-4-6-5(2)7;1-2;/h3-4H2,1-2H3,(H,6,7);1-2H3;1H. The van der Waals surface area contributed by atoms with Crippen LogP contribution >= 0.6 is 0 Å². The molecule has 0 spiro atoms. The highest BCUT2D eigenvalue weighted by molar-refractivity contribution is 5.72. The Kier molecular flexibility index (Phi) is 13.1. The van der Waals surface area contributed by atoms with E-state index in [1.807, 2.05) is 20.8 Å². The van der Waals surface area contributed by atoms with E-state index in [9.17, 15) is 4.79 Å². The summed E-state index contributed by atoms with van der Waals surface area (Å²) in [5.41, 5.74) is 0. The van der Waals surface area contributed by atoms with E-state index in [0.29, 0.717) is 0 Å². The van der Waals surface area contributed by atoms with E-state index in [4.69, 9.17) is 0 Å². The molecule has 2 heteroatoms. The van der Waals surface area contributed by atoms with Crippen molar-refractivity contribution in [2.75, 3.05) is 6.54 Å². The quantitative estimate of drug-likeness (QED) is 0.611. The summed E-state index contributed by atoms with van der Waals surface area (Å²) < 4.78 is 0. The van der Waals surface area contributed by atoms with Crippen molar-refractivity contribution in [2.24, 2.45) is 0 Å². The molecule has 0 aliphatic carbocycles. The third kappa shape index (κ3) is 18.6. The summed E-state index contributed by atoms with van der Waals surface area (Å²) in [4.78, 5) is 10.1. The summed E-state index contributed by atoms with van der Waals surface area (Å²) in [6, 6.07) is 0. The minimum atomic E-state index is 0. The highest BCUT2D eigenvalue weighted by Gasteiger charge is 1.83. The van der Waals surface area contributed by atoms with Crippen molar-refractivity contribution in [2.45, 2.75) is 34.1 Å². The van der Waals surface area contributed by atoms with Crippen LogP contribution in [0.4, 0.5) is 0 Å². The largest absolute Gasteiger partial charge is 0.356 e. The van der Waals surface area contributed by atoms with Gasteiger partial charge < -0.3 is 5.32 Å². The van der Waals surface area contributed by atoms with Gasteiger partial charge in [0.15, 0.2) is 0 Å². The molecule has 0 aliphatic rings. The van der Waals surface area contributed by atoms with Crippen molar-refractivity contribution in [3.05, 3.63) is 0 Å². The van der Waals surface area contributed by atoms with Crippen LogP contribution in [0.2, 0.25) is 0 Å². The number of amides is 1. The monoisotopic (exact) mass is 133 g/mol. The first-order valence-electron chi connectivity index (χ1n) is 3.51. The predicted octanol–water partition coefficient (Wildman–Crippen LogP) is 1.80. The van der Waals surface area contributed by atoms with Crippen LogP contribution in [0.25, 0.3) is 0 Å². The molecule has 0 aromatic rings. The Balaban J connectivity index is -0.000000149. The Bertz CT molecular complexity index is 66.6. The molecule has 0 saturated heterocycles. The molecule has 0 bridgehead atoms. The van der Waals surface area contributed by atoms with Gasteiger partial charge >= 0.3 is 0 Å². The number of rotatable bonds is 2. The zero-order valence-corrected chi connectivity index (χ0v) is 6.82. The van der Waals surface area contributed by atoms with E-state index >= 15 is 0 Å². The summed E-state index contributed by atoms with van der Waals surface area (Å²) in [6.45, 7) is 8.35. The van der Waals surface area contributed by atoms with Crippen LogP contribution in [-0.4, -0.2) is 12.5 Å². The molecule has 1 N–H and O–H groups in total. The topological polar surface area (TPSA) is 29.1 Å². The molecule has 58 valence electrons. The van der Waals surface area contributed by atoms with E-state index < -0.39 is 0 Å². The molecule has 0 atom stereocenters. The number of hydrogen-bond acceptors (Lipinski definition) is 1. The van der Waals surface area contributed by atoms with Crippen LogP contribution in [0.1, 0.15) is 35.5 Å². The summed E-state index contributed by atoms with van der Waals surface area (Å²) in [6.07, 6.45) is 1.01. The van der Waals surface area contributed by atoms with Crippen LogP contribution in [0.3, 0.4) is 0 Å². The first kappa shape index (κ1) is 11.3. The van der Waals surface area contributed by atoms with Crippen LogP contribution < -0.4 is 5.32 Å². The van der Waals surface area contributed by atoms with E-state index in [-0.39, 0.29) is 7.33 Å². The van der Waals surface area contributed by atoms with Crippen LogP contribution in [0.5, 0.6) is 0 Å². The summed E-state index contributed by atoms with van der Waals surface area (Å²) in [7, 11) is 0. The molecule has 0 aliphatic heterocycles. The van der Waals surface area contributed by atoms with Crippen LogP contribution in [0, 0.1) is 0 Å². The highest BCUT2D eigenvalue weighted by atomic mass is 16.1. The number of carbonyl (C=O) groups excluding carboxylic acids is 1. The van der Waals surface area contributed by atoms with E-state index in [1.165, 1.54) is 6.92 Å². The molecule has 0 unspecified atom stereocenters. The maximum Gasteiger partial charge on any atom is 0.216 e. The second-order valence-electron chi connectivity index (χ2n) is 1.48. The minimum Gasteiger partial charge on any atom is -0.356 e. The van der Waals surface area contributed by atoms with Crippen molar-refractivity contribution in [3.63, 3.8) is 0 Å². The first-order valence-corrected chi connectivity index (χ1v) is 3.51. The fourth-order valence-electron chi connectivity index (χ4n) is 0.301. The lowest BCUT2D eigenvalue weighted by Crippen LogP contribution is -2.19. The molecular weight excluding hydrogens is 114 g/mol. The van der Waals surface area contributed by atoms with E-state index in [2.05, 4.69) is 5.32 Å². The Labute approximate surface area is 59.1 Å². The summed E-state index contributed by atoms with van der Waals surface area (Å²) >= 11 is 0. The summed E-state index contributed by atoms with van der Waals surface area (Å²) in [5, 5.41) is 2.66. The Morgan fingerprint density at radius 2 is 2.00 bits per heavy atom. The van der Waals surface area contributed by atoms with Gasteiger partial charge in [0.25, 0.3) is 0 Å². The lowest BCUT2D eigenvalue weighted by atomic mass is 10.5. The SMILES string of the molecule is CC.CCCNC(C)=O.[HH]. The molecule has 0 fully saturated rings. The third-order valence-corrected chi connectivity index (χ3v) is 0.624. The fourth-order valence-corrected chi connectivity index (χ4v) is 0.301. The molecule has 0 heterocycles. The molecule has 0 aromatic heterocycles. The van der Waals surface area contributed by atoms with Gasteiger partial charge in [0.1, 0.15) is 0 Å². The third-order valence-electron chi connectivity index (χ3n) is 0.624. The van der Waals surface area contributed by atoms with Gasteiger partial charge in [-0.15, -0.1) is 0 Å². The minimum absolute atomic E-state index is 0. The van der Waals surface area contributed by atoms with Gasteiger partial charge in [-0.2, -0.15) is 0 Å². The van der Waals surface area contributed by atoms with Gasteiger partial charge in [-0.25, -0.2) is 0 Å². The highest BCUT2D eigenvalue weighted by Crippen LogP contribution is 1.67. The first-order chi connectivity index (χ1) is 4.27. The van der Waals surface area contributed by atoms with Crippen LogP contribution in [0.15, 0.2) is 0 Å². The number of carbonyl (C=O) groups is 1. The van der Waals surface area contributed by atoms with Gasteiger partial charge in [0.05, 0.1) is 0 Å². The van der Waals surface area contributed by atoms with Crippen molar-refractivity contribution in [1.82, 2.24) is 5.32 Å². The molecule has 0 saturated carbocycles. The molecule has 0 radical (unpaired) electrons. The molecular formula is C7H19NO. The Morgan fingerprint density at radius 3 is 2.11 bits per heavy atom. The lowest BCUT2D eigenvalue weighted by molar-refractivity contribution is -0.118. The van der Waals surface area contributed by atoms with E-state index in [1.54, 1.807) is 0 Å². The molecule has 2 nitrogen and oxygen atoms in total. The molecule has 9 heavy (non-hydrogen) atoms. The van der Waals surface area contributed by atoms with Crippen LogP contribution in [-0.2, 0) is 4.79 Å². The average molecular weight is 133 g/mol. The molecule has 0 rings (SSSR count). The lowest BCUT2D eigenvalue weighted by Gasteiger charge is -1.93. The maximum absolute atomic E-state index is 10.1. The normalized spacial score (nSPS) is 7.11. The van der Waals surface area contributed by atoms with Crippen molar-refractivity contribution in [1.29, 1.82) is 0 Å². The van der Waals surface area contributed by atoms with Crippen molar-refractivity contribution < 1.29 is 6.22 Å². The second kappa shape index (κ2) is 10.5. The van der Waals surface area contributed by atoms with Gasteiger partial charge in [-0.05, 0) is 6.42 Å². The predicted molar refractivity (Wildman–Crippen MR) is 42.4 cm³/mol. The maximum atomic E-state index is 10.1. The van der Waals surface area contributed by atoms with Crippen molar-refractivity contribution >= 4 is 5.91 Å². The van der Waals surface area contributed by atoms with E-state index in [0.717, 1.165) is 13.0 Å². The number of hydrogen-bond donors (Lipinski definition) is 1. The zero-order valence-electron chi connectivity index (χ0n) is 6.82. The summed E-state index contributed by atoms with van der Waals surface area (Å²) in [5.74, 6) is 0.0573.